The van der Waals surface area contributed by atoms with Crippen molar-refractivity contribution in [1.29, 1.82) is 0 Å². The highest BCUT2D eigenvalue weighted by Crippen LogP contribution is 2.52. The standard InChI is InChI=1S/C16H22N2O5S/c1-9(2)5-21-6-10-4-16(12(19)22-10)8-15(3,23-13(16)20)11-7-24-14(17)18-11/h7,9-10H,4-6,8H2,1-3H3,(H2,17,18)/t10?,15?,16-/m0/s1. The van der Waals surface area contributed by atoms with E-state index in [-0.39, 0.29) is 12.8 Å². The first-order valence-corrected chi connectivity index (χ1v) is 8.87. The Morgan fingerprint density at radius 2 is 2.21 bits per heavy atom. The molecule has 0 saturated carbocycles. The number of carbonyl (C=O) groups is 2. The van der Waals surface area contributed by atoms with Gasteiger partial charge in [-0.25, -0.2) is 4.98 Å². The molecule has 3 atom stereocenters. The molecule has 132 valence electrons. The third-order valence-corrected chi connectivity index (χ3v) is 5.08. The van der Waals surface area contributed by atoms with Crippen LogP contribution in [0.4, 0.5) is 5.13 Å². The van der Waals surface area contributed by atoms with Gasteiger partial charge in [0.05, 0.1) is 12.3 Å². The van der Waals surface area contributed by atoms with Gasteiger partial charge in [-0.15, -0.1) is 11.3 Å². The minimum atomic E-state index is -1.26. The first-order valence-electron chi connectivity index (χ1n) is 7.99. The molecule has 0 aromatic carbocycles. The molecule has 3 rings (SSSR count). The smallest absolute Gasteiger partial charge is 0.324 e. The summed E-state index contributed by atoms with van der Waals surface area (Å²) in [6.07, 6.45) is 0.0612. The fourth-order valence-corrected chi connectivity index (χ4v) is 3.96. The van der Waals surface area contributed by atoms with Gasteiger partial charge in [0.25, 0.3) is 0 Å². The minimum absolute atomic E-state index is 0.210. The maximum Gasteiger partial charge on any atom is 0.324 e. The van der Waals surface area contributed by atoms with Crippen molar-refractivity contribution in [3.8, 4) is 0 Å². The molecular formula is C16H22N2O5S. The van der Waals surface area contributed by atoms with Crippen LogP contribution in [0.15, 0.2) is 5.38 Å². The second-order valence-corrected chi connectivity index (χ2v) is 8.00. The van der Waals surface area contributed by atoms with Gasteiger partial charge in [-0.1, -0.05) is 13.8 Å². The molecule has 2 unspecified atom stereocenters. The van der Waals surface area contributed by atoms with Crippen LogP contribution in [-0.2, 0) is 29.4 Å². The van der Waals surface area contributed by atoms with Crippen molar-refractivity contribution in [3.63, 3.8) is 0 Å². The summed E-state index contributed by atoms with van der Waals surface area (Å²) in [4.78, 5) is 29.1. The number of nitrogens with two attached hydrogens (primary N) is 1. The Bertz CT molecular complexity index is 661. The van der Waals surface area contributed by atoms with Crippen molar-refractivity contribution in [3.05, 3.63) is 11.1 Å². The molecule has 2 fully saturated rings. The number of ether oxygens (including phenoxy) is 3. The van der Waals surface area contributed by atoms with Crippen LogP contribution in [0.2, 0.25) is 0 Å². The van der Waals surface area contributed by atoms with Crippen LogP contribution in [0.3, 0.4) is 0 Å². The van der Waals surface area contributed by atoms with Gasteiger partial charge < -0.3 is 19.9 Å². The molecule has 2 saturated heterocycles. The summed E-state index contributed by atoms with van der Waals surface area (Å²) < 4.78 is 16.5. The van der Waals surface area contributed by atoms with Crippen molar-refractivity contribution in [2.24, 2.45) is 11.3 Å². The van der Waals surface area contributed by atoms with Gasteiger partial charge in [0.1, 0.15) is 6.10 Å². The number of cyclic esters (lactones) is 2. The third-order valence-electron chi connectivity index (χ3n) is 4.41. The maximum atomic E-state index is 12.5. The third kappa shape index (κ3) is 2.88. The largest absolute Gasteiger partial charge is 0.459 e. The molecule has 3 heterocycles. The van der Waals surface area contributed by atoms with E-state index in [4.69, 9.17) is 19.9 Å². The fraction of sp³-hybridized carbons (Fsp3) is 0.688. The van der Waals surface area contributed by atoms with E-state index < -0.39 is 29.1 Å². The van der Waals surface area contributed by atoms with Gasteiger partial charge in [0.15, 0.2) is 16.1 Å². The molecule has 0 bridgehead atoms. The first kappa shape index (κ1) is 17.2. The summed E-state index contributed by atoms with van der Waals surface area (Å²) in [6, 6.07) is 0. The van der Waals surface area contributed by atoms with Gasteiger partial charge in [-0.2, -0.15) is 0 Å². The van der Waals surface area contributed by atoms with E-state index in [9.17, 15) is 9.59 Å². The molecule has 2 N–H and O–H groups in total. The summed E-state index contributed by atoms with van der Waals surface area (Å²) in [7, 11) is 0. The van der Waals surface area contributed by atoms with Crippen molar-refractivity contribution in [2.45, 2.75) is 45.3 Å². The number of anilines is 1. The molecule has 0 amide bonds. The Morgan fingerprint density at radius 1 is 1.46 bits per heavy atom. The Labute approximate surface area is 144 Å². The topological polar surface area (TPSA) is 101 Å². The number of aromatic nitrogens is 1. The molecule has 1 aromatic rings. The van der Waals surface area contributed by atoms with Crippen molar-refractivity contribution < 1.29 is 23.8 Å². The predicted octanol–water partition coefficient (Wildman–Crippen LogP) is 1.86. The number of carbonyl (C=O) groups excluding carboxylic acids is 2. The highest BCUT2D eigenvalue weighted by molar-refractivity contribution is 7.13. The van der Waals surface area contributed by atoms with E-state index in [1.165, 1.54) is 11.3 Å². The molecule has 8 heteroatoms. The zero-order valence-corrected chi connectivity index (χ0v) is 14.9. The summed E-state index contributed by atoms with van der Waals surface area (Å²) in [5.74, 6) is -0.684. The lowest BCUT2D eigenvalue weighted by atomic mass is 9.78. The van der Waals surface area contributed by atoms with E-state index in [1.807, 2.05) is 13.8 Å². The normalized spacial score (nSPS) is 32.6. The number of esters is 2. The SMILES string of the molecule is CC(C)COCC1C[C@]2(CC(C)(c3csc(N)n3)OC2=O)C(=O)O1. The Kier molecular flexibility index (Phi) is 4.29. The molecular weight excluding hydrogens is 332 g/mol. The summed E-state index contributed by atoms with van der Waals surface area (Å²) in [6.45, 7) is 6.72. The quantitative estimate of drug-likeness (QED) is 0.636. The van der Waals surface area contributed by atoms with Crippen LogP contribution >= 0.6 is 11.3 Å². The molecule has 2 aliphatic rings. The maximum absolute atomic E-state index is 12.5. The highest BCUT2D eigenvalue weighted by Gasteiger charge is 2.65. The fourth-order valence-electron chi connectivity index (χ4n) is 3.28. The number of hydrogen-bond acceptors (Lipinski definition) is 8. The zero-order chi connectivity index (χ0) is 17.5. The molecule has 0 radical (unpaired) electrons. The predicted molar refractivity (Wildman–Crippen MR) is 87.2 cm³/mol. The Hall–Kier alpha value is -1.67. The van der Waals surface area contributed by atoms with Crippen LogP contribution in [0.5, 0.6) is 0 Å². The van der Waals surface area contributed by atoms with Crippen LogP contribution in [0, 0.1) is 11.3 Å². The first-order chi connectivity index (χ1) is 11.2. The van der Waals surface area contributed by atoms with Gasteiger partial charge >= 0.3 is 11.9 Å². The number of hydrogen-bond donors (Lipinski definition) is 1. The lowest BCUT2D eigenvalue weighted by molar-refractivity contribution is -0.160. The average molecular weight is 354 g/mol. The summed E-state index contributed by atoms with van der Waals surface area (Å²) in [5, 5.41) is 2.16. The van der Waals surface area contributed by atoms with E-state index in [0.717, 1.165) is 0 Å². The van der Waals surface area contributed by atoms with E-state index in [0.29, 0.717) is 30.0 Å². The summed E-state index contributed by atoms with van der Waals surface area (Å²) in [5.41, 5.74) is 4.02. The lowest BCUT2D eigenvalue weighted by Gasteiger charge is -2.20. The zero-order valence-electron chi connectivity index (χ0n) is 14.0. The number of nitrogens with zero attached hydrogens (tertiary/aromatic N) is 1. The van der Waals surface area contributed by atoms with E-state index >= 15 is 0 Å². The van der Waals surface area contributed by atoms with Crippen LogP contribution < -0.4 is 5.73 Å². The molecule has 1 aromatic heterocycles. The number of rotatable bonds is 5. The molecule has 2 aliphatic heterocycles. The molecule has 1 spiro atoms. The van der Waals surface area contributed by atoms with Gasteiger partial charge in [-0.05, 0) is 12.8 Å². The van der Waals surface area contributed by atoms with Crippen molar-refractivity contribution >= 4 is 28.4 Å². The monoisotopic (exact) mass is 354 g/mol. The van der Waals surface area contributed by atoms with Gasteiger partial charge in [0, 0.05) is 24.8 Å². The lowest BCUT2D eigenvalue weighted by Crippen LogP contribution is -2.32. The van der Waals surface area contributed by atoms with Gasteiger partial charge in [0.2, 0.25) is 0 Å². The average Bonchev–Trinajstić information content (AvgIpc) is 3.11. The van der Waals surface area contributed by atoms with Gasteiger partial charge in [-0.3, -0.25) is 9.59 Å². The molecule has 24 heavy (non-hydrogen) atoms. The Morgan fingerprint density at radius 3 is 2.83 bits per heavy atom. The van der Waals surface area contributed by atoms with E-state index in [2.05, 4.69) is 4.98 Å². The minimum Gasteiger partial charge on any atom is -0.459 e. The number of nitrogen functional groups attached to an aromatic ring is 1. The van der Waals surface area contributed by atoms with E-state index in [1.54, 1.807) is 12.3 Å². The number of thiazole rings is 1. The molecule has 7 nitrogen and oxygen atoms in total. The van der Waals surface area contributed by atoms with Crippen molar-refractivity contribution in [2.75, 3.05) is 18.9 Å². The summed E-state index contributed by atoms with van der Waals surface area (Å²) >= 11 is 1.28. The second-order valence-electron chi connectivity index (χ2n) is 7.11. The second kappa shape index (κ2) is 6.00. The molecule has 0 aliphatic carbocycles. The van der Waals surface area contributed by atoms with Crippen LogP contribution in [-0.4, -0.2) is 36.2 Å². The highest BCUT2D eigenvalue weighted by atomic mass is 32.1. The van der Waals surface area contributed by atoms with Crippen LogP contribution in [0.25, 0.3) is 0 Å². The van der Waals surface area contributed by atoms with Crippen LogP contribution in [0.1, 0.15) is 39.3 Å². The Balaban J connectivity index is 1.74. The van der Waals surface area contributed by atoms with Crippen molar-refractivity contribution in [1.82, 2.24) is 4.98 Å².